The lowest BCUT2D eigenvalue weighted by Crippen LogP contribution is -2.34. The highest BCUT2D eigenvalue weighted by molar-refractivity contribution is 6.14. The molecule has 130 valence electrons. The van der Waals surface area contributed by atoms with Crippen LogP contribution in [0.2, 0.25) is 0 Å². The molecule has 0 N–H and O–H groups in total. The summed E-state index contributed by atoms with van der Waals surface area (Å²) in [6.07, 6.45) is 3.92. The lowest BCUT2D eigenvalue weighted by Gasteiger charge is -2.26. The molecule has 0 aromatic heterocycles. The molecule has 1 aliphatic heterocycles. The molecule has 1 aliphatic rings. The van der Waals surface area contributed by atoms with Gasteiger partial charge in [-0.3, -0.25) is 9.69 Å². The van der Waals surface area contributed by atoms with Gasteiger partial charge in [0.2, 0.25) is 0 Å². The molecule has 1 heterocycles. The topological polar surface area (TPSA) is 29.5 Å². The number of para-hydroxylation sites is 1. The molecule has 2 aromatic rings. The molecule has 2 aromatic carbocycles. The summed E-state index contributed by atoms with van der Waals surface area (Å²) < 4.78 is 5.39. The molecule has 4 heteroatoms. The normalized spacial score (nSPS) is 18.2. The Labute approximate surface area is 155 Å². The number of hydrogen-bond acceptors (Lipinski definition) is 3. The molecule has 25 heavy (non-hydrogen) atoms. The first-order valence-electron chi connectivity index (χ1n) is 8.00. The standard InChI is InChI=1S/C21H21NO2.ClH/c1-22-14-18(12-16-8-4-3-5-9-16)21(23)19(15-22)13-17-10-6-7-11-20(17)24-2;/h3-13H,14-15H2,1-2H3;1H. The van der Waals surface area contributed by atoms with Gasteiger partial charge in [-0.2, -0.15) is 0 Å². The van der Waals surface area contributed by atoms with Crippen LogP contribution in [0.15, 0.2) is 65.7 Å². The Morgan fingerprint density at radius 2 is 1.52 bits per heavy atom. The van der Waals surface area contributed by atoms with Gasteiger partial charge >= 0.3 is 0 Å². The van der Waals surface area contributed by atoms with E-state index in [0.717, 1.165) is 28.0 Å². The third-order valence-corrected chi connectivity index (χ3v) is 4.07. The number of rotatable bonds is 3. The number of likely N-dealkylation sites (tertiary alicyclic amines) is 1. The smallest absolute Gasteiger partial charge is 0.187 e. The van der Waals surface area contributed by atoms with E-state index < -0.39 is 0 Å². The fourth-order valence-electron chi connectivity index (χ4n) is 2.93. The number of methoxy groups -OCH3 is 1. The van der Waals surface area contributed by atoms with Crippen LogP contribution in [-0.4, -0.2) is 37.9 Å². The highest BCUT2D eigenvalue weighted by Crippen LogP contribution is 2.25. The first-order chi connectivity index (χ1) is 11.7. The number of ketones is 1. The number of likely N-dealkylation sites (N-methyl/N-ethyl adjacent to an activating group) is 1. The molecule has 0 bridgehead atoms. The van der Waals surface area contributed by atoms with Gasteiger partial charge in [0.1, 0.15) is 5.75 Å². The fourth-order valence-corrected chi connectivity index (χ4v) is 2.93. The monoisotopic (exact) mass is 355 g/mol. The number of nitrogens with zero attached hydrogens (tertiary/aromatic N) is 1. The van der Waals surface area contributed by atoms with E-state index in [1.807, 2.05) is 73.8 Å². The van der Waals surface area contributed by atoms with E-state index in [1.165, 1.54) is 0 Å². The predicted molar refractivity (Wildman–Crippen MR) is 105 cm³/mol. The minimum Gasteiger partial charge on any atom is -0.496 e. The summed E-state index contributed by atoms with van der Waals surface area (Å²) in [7, 11) is 3.67. The Morgan fingerprint density at radius 1 is 0.920 bits per heavy atom. The number of carbonyl (C=O) groups excluding carboxylic acids is 1. The summed E-state index contributed by atoms with van der Waals surface area (Å²) >= 11 is 0. The molecule has 0 atom stereocenters. The van der Waals surface area contributed by atoms with E-state index in [1.54, 1.807) is 7.11 Å². The Balaban J connectivity index is 0.00000225. The van der Waals surface area contributed by atoms with Crippen molar-refractivity contribution in [3.8, 4) is 5.75 Å². The van der Waals surface area contributed by atoms with E-state index >= 15 is 0 Å². The lowest BCUT2D eigenvalue weighted by molar-refractivity contribution is -0.113. The number of hydrogen-bond donors (Lipinski definition) is 0. The third kappa shape index (κ3) is 4.59. The zero-order valence-corrected chi connectivity index (χ0v) is 15.3. The van der Waals surface area contributed by atoms with Gasteiger partial charge in [-0.15, -0.1) is 12.4 Å². The molecule has 0 aliphatic carbocycles. The first-order valence-corrected chi connectivity index (χ1v) is 8.00. The summed E-state index contributed by atoms with van der Waals surface area (Å²) in [6, 6.07) is 17.7. The molecule has 0 amide bonds. The van der Waals surface area contributed by atoms with Crippen molar-refractivity contribution in [2.45, 2.75) is 0 Å². The summed E-state index contributed by atoms with van der Waals surface area (Å²) in [5.74, 6) is 0.891. The second-order valence-corrected chi connectivity index (χ2v) is 5.99. The van der Waals surface area contributed by atoms with Gasteiger partial charge in [-0.1, -0.05) is 48.5 Å². The average molecular weight is 356 g/mol. The van der Waals surface area contributed by atoms with E-state index in [4.69, 9.17) is 4.74 Å². The van der Waals surface area contributed by atoms with Gasteiger partial charge < -0.3 is 4.74 Å². The van der Waals surface area contributed by atoms with Crippen LogP contribution in [0.3, 0.4) is 0 Å². The van der Waals surface area contributed by atoms with Gasteiger partial charge in [0, 0.05) is 29.8 Å². The first kappa shape index (κ1) is 19.0. The highest BCUT2D eigenvalue weighted by Gasteiger charge is 2.24. The maximum Gasteiger partial charge on any atom is 0.187 e. The Hall–Kier alpha value is -2.36. The van der Waals surface area contributed by atoms with Crippen molar-refractivity contribution in [2.24, 2.45) is 0 Å². The molecule has 0 radical (unpaired) electrons. The Morgan fingerprint density at radius 3 is 2.20 bits per heavy atom. The predicted octanol–water partition coefficient (Wildman–Crippen LogP) is 4.10. The van der Waals surface area contributed by atoms with E-state index in [0.29, 0.717) is 13.1 Å². The van der Waals surface area contributed by atoms with Crippen molar-refractivity contribution < 1.29 is 9.53 Å². The Bertz CT molecular complexity index is 797. The fraction of sp³-hybridized carbons (Fsp3) is 0.190. The molecule has 0 spiro atoms. The van der Waals surface area contributed by atoms with Crippen LogP contribution in [0.1, 0.15) is 11.1 Å². The van der Waals surface area contributed by atoms with E-state index in [-0.39, 0.29) is 18.2 Å². The second-order valence-electron chi connectivity index (χ2n) is 5.99. The van der Waals surface area contributed by atoms with Crippen LogP contribution in [0.4, 0.5) is 0 Å². The summed E-state index contributed by atoms with van der Waals surface area (Å²) in [5.41, 5.74) is 3.58. The van der Waals surface area contributed by atoms with Crippen molar-refractivity contribution in [2.75, 3.05) is 27.2 Å². The van der Waals surface area contributed by atoms with Crippen LogP contribution in [-0.2, 0) is 4.79 Å². The van der Waals surface area contributed by atoms with Gasteiger partial charge in [-0.25, -0.2) is 0 Å². The number of carbonyl (C=O) groups is 1. The number of piperidine rings is 1. The molecule has 3 rings (SSSR count). The van der Waals surface area contributed by atoms with Crippen molar-refractivity contribution in [3.05, 3.63) is 76.9 Å². The van der Waals surface area contributed by atoms with Gasteiger partial charge in [0.15, 0.2) is 5.78 Å². The molecular formula is C21H22ClNO2. The SMILES string of the molecule is COc1ccccc1C=C1CN(C)CC(=Cc2ccccc2)C1=O.Cl. The zero-order chi connectivity index (χ0) is 16.9. The third-order valence-electron chi connectivity index (χ3n) is 4.07. The summed E-state index contributed by atoms with van der Waals surface area (Å²) in [6.45, 7) is 1.31. The minimum atomic E-state index is 0. The number of halogens is 1. The second kappa shape index (κ2) is 8.65. The van der Waals surface area contributed by atoms with Crippen molar-refractivity contribution in [1.82, 2.24) is 4.90 Å². The van der Waals surface area contributed by atoms with E-state index in [9.17, 15) is 4.79 Å². The lowest BCUT2D eigenvalue weighted by atomic mass is 9.94. The molecule has 0 unspecified atom stereocenters. The van der Waals surface area contributed by atoms with Crippen LogP contribution >= 0.6 is 12.4 Å². The highest BCUT2D eigenvalue weighted by atomic mass is 35.5. The number of ether oxygens (including phenoxy) is 1. The van der Waals surface area contributed by atoms with Crippen LogP contribution in [0, 0.1) is 0 Å². The number of Topliss-reactive ketones (excluding diaryl/α,β-unsaturated/α-hetero) is 1. The minimum absolute atomic E-state index is 0. The Kier molecular flexibility index (Phi) is 6.57. The quantitative estimate of drug-likeness (QED) is 0.776. The molecule has 1 saturated heterocycles. The number of benzene rings is 2. The van der Waals surface area contributed by atoms with Crippen molar-refractivity contribution in [3.63, 3.8) is 0 Å². The molecule has 0 saturated carbocycles. The summed E-state index contributed by atoms with van der Waals surface area (Å²) in [5, 5.41) is 0. The van der Waals surface area contributed by atoms with Crippen LogP contribution < -0.4 is 4.74 Å². The van der Waals surface area contributed by atoms with E-state index in [2.05, 4.69) is 4.90 Å². The van der Waals surface area contributed by atoms with Crippen LogP contribution in [0.25, 0.3) is 12.2 Å². The average Bonchev–Trinajstić information content (AvgIpc) is 2.60. The summed E-state index contributed by atoms with van der Waals surface area (Å²) in [4.78, 5) is 15.0. The van der Waals surface area contributed by atoms with Crippen molar-refractivity contribution in [1.29, 1.82) is 0 Å². The van der Waals surface area contributed by atoms with Gasteiger partial charge in [-0.05, 0) is 30.8 Å². The largest absolute Gasteiger partial charge is 0.496 e. The van der Waals surface area contributed by atoms with Crippen LogP contribution in [0.5, 0.6) is 5.75 Å². The van der Waals surface area contributed by atoms with Crippen molar-refractivity contribution >= 4 is 30.3 Å². The van der Waals surface area contributed by atoms with Gasteiger partial charge in [0.25, 0.3) is 0 Å². The maximum absolute atomic E-state index is 12.9. The molecular weight excluding hydrogens is 334 g/mol. The van der Waals surface area contributed by atoms with Gasteiger partial charge in [0.05, 0.1) is 7.11 Å². The maximum atomic E-state index is 12.9. The molecule has 1 fully saturated rings. The molecule has 3 nitrogen and oxygen atoms in total. The zero-order valence-electron chi connectivity index (χ0n) is 14.4.